The number of aryl methyl sites for hydroxylation is 2. The summed E-state index contributed by atoms with van der Waals surface area (Å²) in [5.74, 6) is 0. The van der Waals surface area contributed by atoms with Gasteiger partial charge in [-0.05, 0) is 25.3 Å². The summed E-state index contributed by atoms with van der Waals surface area (Å²) in [7, 11) is 0. The van der Waals surface area contributed by atoms with Gasteiger partial charge in [0.1, 0.15) is 0 Å². The molecule has 0 amide bonds. The minimum Gasteiger partial charge on any atom is -0.249 e. The van der Waals surface area contributed by atoms with Crippen LogP contribution in [0.4, 0.5) is 0 Å². The lowest BCUT2D eigenvalue weighted by atomic mass is 10.2. The van der Waals surface area contributed by atoms with Gasteiger partial charge in [-0.3, -0.25) is 0 Å². The van der Waals surface area contributed by atoms with Crippen molar-refractivity contribution in [3.63, 3.8) is 0 Å². The summed E-state index contributed by atoms with van der Waals surface area (Å²) >= 11 is 3.54. The van der Waals surface area contributed by atoms with Crippen molar-refractivity contribution in [3.05, 3.63) is 27.5 Å². The van der Waals surface area contributed by atoms with Gasteiger partial charge in [-0.25, -0.2) is 4.98 Å². The molecule has 2 heterocycles. The summed E-state index contributed by atoms with van der Waals surface area (Å²) in [5, 5.41) is 3.26. The average molecular weight is 195 g/mol. The van der Waals surface area contributed by atoms with Crippen LogP contribution in [0.25, 0.3) is 10.4 Å². The molecule has 0 fully saturated rings. The summed E-state index contributed by atoms with van der Waals surface area (Å²) in [4.78, 5) is 6.89. The normalized spacial score (nSPS) is 10.5. The van der Waals surface area contributed by atoms with Crippen molar-refractivity contribution in [1.82, 2.24) is 4.98 Å². The van der Waals surface area contributed by atoms with Crippen molar-refractivity contribution in [3.8, 4) is 10.4 Å². The molecule has 0 radical (unpaired) electrons. The highest BCUT2D eigenvalue weighted by Crippen LogP contribution is 2.31. The van der Waals surface area contributed by atoms with E-state index in [-0.39, 0.29) is 0 Å². The van der Waals surface area contributed by atoms with E-state index < -0.39 is 0 Å². The SMILES string of the molecule is Cc1ncc(-c2ccsc2C)s1. The molecule has 0 spiro atoms. The third-order valence-electron chi connectivity index (χ3n) is 1.75. The van der Waals surface area contributed by atoms with Crippen LogP contribution in [-0.4, -0.2) is 4.98 Å². The molecule has 0 aliphatic carbocycles. The molecule has 0 N–H and O–H groups in total. The lowest BCUT2D eigenvalue weighted by Crippen LogP contribution is -1.67. The Morgan fingerprint density at radius 2 is 2.17 bits per heavy atom. The predicted molar refractivity (Wildman–Crippen MR) is 54.9 cm³/mol. The fraction of sp³-hybridized carbons (Fsp3) is 0.222. The first-order chi connectivity index (χ1) is 5.77. The average Bonchev–Trinajstić information content (AvgIpc) is 2.58. The minimum absolute atomic E-state index is 1.13. The predicted octanol–water partition coefficient (Wildman–Crippen LogP) is 3.49. The zero-order valence-corrected chi connectivity index (χ0v) is 8.63. The van der Waals surface area contributed by atoms with Gasteiger partial charge < -0.3 is 0 Å². The number of hydrogen-bond acceptors (Lipinski definition) is 3. The Morgan fingerprint density at radius 1 is 1.33 bits per heavy atom. The van der Waals surface area contributed by atoms with Crippen molar-refractivity contribution in [2.75, 3.05) is 0 Å². The Bertz CT molecular complexity index is 387. The fourth-order valence-electron chi connectivity index (χ4n) is 1.13. The molecule has 2 rings (SSSR count). The maximum absolute atomic E-state index is 4.24. The Labute approximate surface area is 79.7 Å². The van der Waals surface area contributed by atoms with Crippen LogP contribution >= 0.6 is 22.7 Å². The van der Waals surface area contributed by atoms with Gasteiger partial charge in [0.05, 0.1) is 9.88 Å². The van der Waals surface area contributed by atoms with Gasteiger partial charge in [0.25, 0.3) is 0 Å². The molecule has 62 valence electrons. The Balaban J connectivity index is 2.50. The molecule has 1 nitrogen and oxygen atoms in total. The van der Waals surface area contributed by atoms with E-state index >= 15 is 0 Å². The van der Waals surface area contributed by atoms with Crippen LogP contribution in [0.2, 0.25) is 0 Å². The standard InChI is InChI=1S/C9H9NS2/c1-6-8(3-4-11-6)9-5-10-7(2)12-9/h3-5H,1-2H3. The van der Waals surface area contributed by atoms with Crippen molar-refractivity contribution < 1.29 is 0 Å². The first-order valence-electron chi connectivity index (χ1n) is 3.74. The molecule has 0 bridgehead atoms. The second-order valence-corrected chi connectivity index (χ2v) is 4.99. The molecule has 12 heavy (non-hydrogen) atoms. The van der Waals surface area contributed by atoms with Crippen molar-refractivity contribution in [2.24, 2.45) is 0 Å². The molecule has 0 saturated carbocycles. The zero-order valence-electron chi connectivity index (χ0n) is 7.00. The molecule has 0 atom stereocenters. The van der Waals surface area contributed by atoms with Crippen LogP contribution in [0.5, 0.6) is 0 Å². The second kappa shape index (κ2) is 2.99. The zero-order chi connectivity index (χ0) is 8.55. The van der Waals surface area contributed by atoms with Gasteiger partial charge >= 0.3 is 0 Å². The van der Waals surface area contributed by atoms with Crippen LogP contribution in [-0.2, 0) is 0 Å². The van der Waals surface area contributed by atoms with Gasteiger partial charge in [-0.15, -0.1) is 22.7 Å². The second-order valence-electron chi connectivity index (χ2n) is 2.63. The van der Waals surface area contributed by atoms with Crippen LogP contribution in [0.1, 0.15) is 9.88 Å². The van der Waals surface area contributed by atoms with Crippen LogP contribution < -0.4 is 0 Å². The highest BCUT2D eigenvalue weighted by Gasteiger charge is 2.04. The molecule has 2 aromatic rings. The fourth-order valence-corrected chi connectivity index (χ4v) is 2.76. The highest BCUT2D eigenvalue weighted by molar-refractivity contribution is 7.16. The number of aromatic nitrogens is 1. The van der Waals surface area contributed by atoms with E-state index in [4.69, 9.17) is 0 Å². The van der Waals surface area contributed by atoms with Crippen molar-refractivity contribution in [2.45, 2.75) is 13.8 Å². The van der Waals surface area contributed by atoms with E-state index in [0.717, 1.165) is 5.01 Å². The third-order valence-corrected chi connectivity index (χ3v) is 3.54. The van der Waals surface area contributed by atoms with Gasteiger partial charge in [0, 0.05) is 16.6 Å². The Morgan fingerprint density at radius 3 is 2.67 bits per heavy atom. The summed E-state index contributed by atoms with van der Waals surface area (Å²) in [5.41, 5.74) is 1.34. The Hall–Kier alpha value is -0.670. The molecule has 0 unspecified atom stereocenters. The molecule has 0 aliphatic heterocycles. The maximum Gasteiger partial charge on any atom is 0.0900 e. The number of thiophene rings is 1. The summed E-state index contributed by atoms with van der Waals surface area (Å²) in [6, 6.07) is 2.16. The van der Waals surface area contributed by atoms with Gasteiger partial charge in [0.15, 0.2) is 0 Å². The van der Waals surface area contributed by atoms with Gasteiger partial charge in [-0.2, -0.15) is 0 Å². The van der Waals surface area contributed by atoms with E-state index in [2.05, 4.69) is 23.4 Å². The van der Waals surface area contributed by atoms with Crippen LogP contribution in [0.15, 0.2) is 17.6 Å². The maximum atomic E-state index is 4.24. The third kappa shape index (κ3) is 1.30. The molecule has 0 saturated heterocycles. The highest BCUT2D eigenvalue weighted by atomic mass is 32.1. The lowest BCUT2D eigenvalue weighted by molar-refractivity contribution is 1.30. The first kappa shape index (κ1) is 7.95. The number of hydrogen-bond donors (Lipinski definition) is 0. The monoisotopic (exact) mass is 195 g/mol. The minimum atomic E-state index is 1.13. The van der Waals surface area contributed by atoms with E-state index in [9.17, 15) is 0 Å². The largest absolute Gasteiger partial charge is 0.249 e. The van der Waals surface area contributed by atoms with Gasteiger partial charge in [0.2, 0.25) is 0 Å². The molecule has 3 heteroatoms. The number of thiazole rings is 1. The van der Waals surface area contributed by atoms with E-state index in [0.29, 0.717) is 0 Å². The van der Waals surface area contributed by atoms with E-state index in [1.165, 1.54) is 15.3 Å². The summed E-state index contributed by atoms with van der Waals surface area (Å²) in [6.45, 7) is 4.19. The van der Waals surface area contributed by atoms with Gasteiger partial charge in [-0.1, -0.05) is 0 Å². The summed E-state index contributed by atoms with van der Waals surface area (Å²) in [6.07, 6.45) is 1.95. The first-order valence-corrected chi connectivity index (χ1v) is 5.44. The number of rotatable bonds is 1. The van der Waals surface area contributed by atoms with Crippen molar-refractivity contribution in [1.29, 1.82) is 0 Å². The molecule has 0 aliphatic rings. The van der Waals surface area contributed by atoms with Crippen molar-refractivity contribution >= 4 is 22.7 Å². The summed E-state index contributed by atoms with van der Waals surface area (Å²) < 4.78 is 0. The van der Waals surface area contributed by atoms with Crippen LogP contribution in [0.3, 0.4) is 0 Å². The lowest BCUT2D eigenvalue weighted by Gasteiger charge is -1.91. The quantitative estimate of drug-likeness (QED) is 0.678. The number of nitrogens with zero attached hydrogens (tertiary/aromatic N) is 1. The Kier molecular flexibility index (Phi) is 1.98. The van der Waals surface area contributed by atoms with E-state index in [1.54, 1.807) is 22.7 Å². The molecular weight excluding hydrogens is 186 g/mol. The molecule has 2 aromatic heterocycles. The molecule has 0 aromatic carbocycles. The topological polar surface area (TPSA) is 12.9 Å². The smallest absolute Gasteiger partial charge is 0.0900 e. The molecular formula is C9H9NS2. The van der Waals surface area contributed by atoms with E-state index in [1.807, 2.05) is 13.1 Å². The van der Waals surface area contributed by atoms with Crippen LogP contribution in [0, 0.1) is 13.8 Å².